The normalized spacial score (nSPS) is 22.9. The van der Waals surface area contributed by atoms with Crippen molar-refractivity contribution in [2.45, 2.75) is 39.3 Å². The van der Waals surface area contributed by atoms with Gasteiger partial charge in [0.25, 0.3) is 0 Å². The summed E-state index contributed by atoms with van der Waals surface area (Å²) in [7, 11) is 4.04. The average molecular weight is 282 g/mol. The standard InChI is InChI=1S/C14H26N4O2/c1-14(2,3)11(15-4)8-12-16-13(17-20-12)10-9-18(5)6-7-19-10/h10-11,15H,6-9H2,1-5H3. The summed E-state index contributed by atoms with van der Waals surface area (Å²) in [5.41, 5.74) is 0.144. The van der Waals surface area contributed by atoms with Crippen LogP contribution in [0.25, 0.3) is 0 Å². The lowest BCUT2D eigenvalue weighted by molar-refractivity contribution is -0.0264. The number of aromatic nitrogens is 2. The molecule has 20 heavy (non-hydrogen) atoms. The lowest BCUT2D eigenvalue weighted by Gasteiger charge is -2.29. The summed E-state index contributed by atoms with van der Waals surface area (Å²) in [5.74, 6) is 1.33. The van der Waals surface area contributed by atoms with Crippen LogP contribution in [0.1, 0.15) is 38.6 Å². The first-order chi connectivity index (χ1) is 9.40. The fourth-order valence-corrected chi connectivity index (χ4v) is 2.43. The van der Waals surface area contributed by atoms with Crippen LogP contribution < -0.4 is 5.32 Å². The van der Waals surface area contributed by atoms with Crippen LogP contribution in [0.3, 0.4) is 0 Å². The van der Waals surface area contributed by atoms with Gasteiger partial charge in [-0.3, -0.25) is 0 Å². The highest BCUT2D eigenvalue weighted by Crippen LogP contribution is 2.23. The van der Waals surface area contributed by atoms with Crippen LogP contribution in [0.15, 0.2) is 4.52 Å². The van der Waals surface area contributed by atoms with E-state index >= 15 is 0 Å². The Hall–Kier alpha value is -0.980. The van der Waals surface area contributed by atoms with Gasteiger partial charge in [-0.25, -0.2) is 0 Å². The van der Waals surface area contributed by atoms with E-state index in [1.54, 1.807) is 0 Å². The Kier molecular flexibility index (Phi) is 4.78. The first-order valence-electron chi connectivity index (χ1n) is 7.20. The maximum absolute atomic E-state index is 5.70. The summed E-state index contributed by atoms with van der Waals surface area (Å²) in [4.78, 5) is 6.72. The van der Waals surface area contributed by atoms with E-state index in [1.165, 1.54) is 0 Å². The summed E-state index contributed by atoms with van der Waals surface area (Å²) in [6.07, 6.45) is 0.657. The molecule has 1 aliphatic heterocycles. The Bertz CT molecular complexity index is 427. The van der Waals surface area contributed by atoms with Crippen molar-refractivity contribution in [2.75, 3.05) is 33.8 Å². The fourth-order valence-electron chi connectivity index (χ4n) is 2.43. The zero-order valence-electron chi connectivity index (χ0n) is 13.1. The van der Waals surface area contributed by atoms with E-state index in [4.69, 9.17) is 9.26 Å². The first-order valence-corrected chi connectivity index (χ1v) is 7.20. The number of ether oxygens (including phenoxy) is 1. The van der Waals surface area contributed by atoms with Gasteiger partial charge in [0.2, 0.25) is 11.7 Å². The molecule has 0 aliphatic carbocycles. The Morgan fingerprint density at radius 2 is 2.20 bits per heavy atom. The molecular formula is C14H26N4O2. The molecule has 0 spiro atoms. The van der Waals surface area contributed by atoms with Gasteiger partial charge >= 0.3 is 0 Å². The predicted molar refractivity (Wildman–Crippen MR) is 76.5 cm³/mol. The van der Waals surface area contributed by atoms with E-state index in [9.17, 15) is 0 Å². The van der Waals surface area contributed by atoms with Crippen LogP contribution in [0.5, 0.6) is 0 Å². The number of nitrogens with one attached hydrogen (secondary N) is 1. The Balaban J connectivity index is 2.01. The topological polar surface area (TPSA) is 63.4 Å². The van der Waals surface area contributed by atoms with Gasteiger partial charge < -0.3 is 19.5 Å². The molecule has 2 atom stereocenters. The minimum absolute atomic E-state index is 0.0751. The molecule has 1 aromatic heterocycles. The quantitative estimate of drug-likeness (QED) is 0.896. The van der Waals surface area contributed by atoms with Crippen LogP contribution >= 0.6 is 0 Å². The van der Waals surface area contributed by atoms with E-state index in [1.807, 2.05) is 7.05 Å². The van der Waals surface area contributed by atoms with Crippen molar-refractivity contribution in [1.82, 2.24) is 20.4 Å². The van der Waals surface area contributed by atoms with E-state index in [0.29, 0.717) is 24.4 Å². The third-order valence-electron chi connectivity index (χ3n) is 3.81. The highest BCUT2D eigenvalue weighted by Gasteiger charge is 2.28. The molecule has 1 aliphatic rings. The number of morpholine rings is 1. The van der Waals surface area contributed by atoms with Crippen molar-refractivity contribution in [1.29, 1.82) is 0 Å². The van der Waals surface area contributed by atoms with E-state index in [2.05, 4.69) is 48.2 Å². The monoisotopic (exact) mass is 282 g/mol. The Morgan fingerprint density at radius 1 is 1.45 bits per heavy atom. The maximum Gasteiger partial charge on any atom is 0.228 e. The van der Waals surface area contributed by atoms with E-state index in [-0.39, 0.29) is 11.5 Å². The molecule has 6 heteroatoms. The summed E-state index contributed by atoms with van der Waals surface area (Å²) >= 11 is 0. The van der Waals surface area contributed by atoms with Crippen LogP contribution in [0, 0.1) is 5.41 Å². The zero-order chi connectivity index (χ0) is 14.8. The van der Waals surface area contributed by atoms with Gasteiger partial charge in [0.05, 0.1) is 6.61 Å². The maximum atomic E-state index is 5.70. The van der Waals surface area contributed by atoms with Crippen molar-refractivity contribution in [3.8, 4) is 0 Å². The van der Waals surface area contributed by atoms with Crippen molar-refractivity contribution < 1.29 is 9.26 Å². The number of hydrogen-bond donors (Lipinski definition) is 1. The third-order valence-corrected chi connectivity index (χ3v) is 3.81. The predicted octanol–water partition coefficient (Wildman–Crippen LogP) is 1.25. The smallest absolute Gasteiger partial charge is 0.228 e. The van der Waals surface area contributed by atoms with Gasteiger partial charge in [0.15, 0.2) is 0 Å². The highest BCUT2D eigenvalue weighted by atomic mass is 16.5. The summed E-state index contributed by atoms with van der Waals surface area (Å²) in [6, 6.07) is 0.297. The molecule has 1 aromatic rings. The van der Waals surface area contributed by atoms with Crippen molar-refractivity contribution >= 4 is 0 Å². The number of rotatable bonds is 4. The number of hydrogen-bond acceptors (Lipinski definition) is 6. The molecule has 1 saturated heterocycles. The molecule has 2 rings (SSSR count). The zero-order valence-corrected chi connectivity index (χ0v) is 13.1. The van der Waals surface area contributed by atoms with Gasteiger partial charge in [-0.2, -0.15) is 4.98 Å². The SMILES string of the molecule is CNC(Cc1nc(C2CN(C)CCO2)no1)C(C)(C)C. The lowest BCUT2D eigenvalue weighted by Crippen LogP contribution is -2.39. The van der Waals surface area contributed by atoms with Crippen molar-refractivity contribution in [3.63, 3.8) is 0 Å². The summed E-state index contributed by atoms with van der Waals surface area (Å²) in [5, 5.41) is 7.40. The van der Waals surface area contributed by atoms with Gasteiger partial charge in [-0.15, -0.1) is 0 Å². The molecule has 114 valence electrons. The second kappa shape index (κ2) is 6.20. The average Bonchev–Trinajstić information content (AvgIpc) is 2.83. The summed E-state index contributed by atoms with van der Waals surface area (Å²) in [6.45, 7) is 9.08. The third kappa shape index (κ3) is 3.77. The molecule has 1 N–H and O–H groups in total. The minimum Gasteiger partial charge on any atom is -0.367 e. The van der Waals surface area contributed by atoms with Crippen LogP contribution in [-0.4, -0.2) is 54.9 Å². The van der Waals surface area contributed by atoms with Gasteiger partial charge in [0, 0.05) is 25.6 Å². The first kappa shape index (κ1) is 15.4. The van der Waals surface area contributed by atoms with Crippen molar-refractivity contribution in [2.24, 2.45) is 5.41 Å². The molecule has 0 bridgehead atoms. The molecule has 2 unspecified atom stereocenters. The number of nitrogens with zero attached hydrogens (tertiary/aromatic N) is 3. The lowest BCUT2D eigenvalue weighted by atomic mass is 9.85. The van der Waals surface area contributed by atoms with Crippen LogP contribution in [0.4, 0.5) is 0 Å². The van der Waals surface area contributed by atoms with Crippen molar-refractivity contribution in [3.05, 3.63) is 11.7 Å². The van der Waals surface area contributed by atoms with Crippen LogP contribution in [0.2, 0.25) is 0 Å². The molecule has 1 fully saturated rings. The van der Waals surface area contributed by atoms with E-state index < -0.39 is 0 Å². The molecule has 6 nitrogen and oxygen atoms in total. The van der Waals surface area contributed by atoms with Crippen LogP contribution in [-0.2, 0) is 11.2 Å². The second-order valence-corrected chi connectivity index (χ2v) is 6.58. The molecule has 2 heterocycles. The summed E-state index contributed by atoms with van der Waals surface area (Å²) < 4.78 is 11.1. The second-order valence-electron chi connectivity index (χ2n) is 6.58. The molecular weight excluding hydrogens is 256 g/mol. The van der Waals surface area contributed by atoms with Gasteiger partial charge in [0.1, 0.15) is 6.10 Å². The Morgan fingerprint density at radius 3 is 2.80 bits per heavy atom. The molecule has 0 amide bonds. The van der Waals surface area contributed by atoms with E-state index in [0.717, 1.165) is 19.5 Å². The molecule has 0 aromatic carbocycles. The van der Waals surface area contributed by atoms with Gasteiger partial charge in [-0.05, 0) is 19.5 Å². The molecule has 0 saturated carbocycles. The minimum atomic E-state index is -0.0751. The highest BCUT2D eigenvalue weighted by molar-refractivity contribution is 4.97. The Labute approximate surface area is 120 Å². The van der Waals surface area contributed by atoms with Gasteiger partial charge in [-0.1, -0.05) is 25.9 Å². The fraction of sp³-hybridized carbons (Fsp3) is 0.857. The number of likely N-dealkylation sites (N-methyl/N-ethyl adjacent to an activating group) is 2. The largest absolute Gasteiger partial charge is 0.367 e. The molecule has 0 radical (unpaired) electrons.